The fourth-order valence-electron chi connectivity index (χ4n) is 2.53. The van der Waals surface area contributed by atoms with E-state index in [9.17, 15) is 4.79 Å². The van der Waals surface area contributed by atoms with Crippen LogP contribution in [0, 0.1) is 22.7 Å². The number of nitriles is 2. The lowest BCUT2D eigenvalue weighted by Gasteiger charge is -2.22. The fourth-order valence-corrected chi connectivity index (χ4v) is 3.58. The standard InChI is InChI=1S/C18H20N4OS/c1-18(11-5-6-12-19)16(23)22(15-9-3-2-4-10-15)17(21-18)24-14-8-7-13-20/h2-4,9-10H,5-8,11,14H2,1H3/t18-/m1/s1. The second-order valence-electron chi connectivity index (χ2n) is 5.77. The number of carbonyl (C=O) groups is 1. The molecule has 6 heteroatoms. The molecule has 1 aliphatic rings. The molecule has 0 spiro atoms. The van der Waals surface area contributed by atoms with Gasteiger partial charge in [-0.05, 0) is 38.3 Å². The lowest BCUT2D eigenvalue weighted by molar-refractivity contribution is -0.121. The highest BCUT2D eigenvalue weighted by atomic mass is 32.2. The normalized spacial score (nSPS) is 19.7. The molecule has 1 heterocycles. The Morgan fingerprint density at radius 1 is 1.17 bits per heavy atom. The first-order chi connectivity index (χ1) is 11.6. The third kappa shape index (κ3) is 4.15. The highest BCUT2D eigenvalue weighted by Gasteiger charge is 2.44. The summed E-state index contributed by atoms with van der Waals surface area (Å²) < 4.78 is 0. The molecule has 1 aliphatic heterocycles. The van der Waals surface area contributed by atoms with Gasteiger partial charge in [0.15, 0.2) is 5.17 Å². The number of amidine groups is 1. The molecule has 5 nitrogen and oxygen atoms in total. The highest BCUT2D eigenvalue weighted by Crippen LogP contribution is 2.35. The van der Waals surface area contributed by atoms with Crippen molar-refractivity contribution in [2.24, 2.45) is 4.99 Å². The Kier molecular flexibility index (Phi) is 6.40. The Morgan fingerprint density at radius 3 is 2.50 bits per heavy atom. The van der Waals surface area contributed by atoms with Crippen LogP contribution in [0.5, 0.6) is 0 Å². The van der Waals surface area contributed by atoms with Gasteiger partial charge in [-0.25, -0.2) is 4.99 Å². The number of aliphatic imine (C=N–C) groups is 1. The van der Waals surface area contributed by atoms with Gasteiger partial charge in [-0.1, -0.05) is 30.0 Å². The van der Waals surface area contributed by atoms with E-state index in [1.54, 1.807) is 4.90 Å². The van der Waals surface area contributed by atoms with Crippen molar-refractivity contribution >= 4 is 28.5 Å². The van der Waals surface area contributed by atoms with Crippen LogP contribution in [-0.4, -0.2) is 22.4 Å². The molecule has 0 aliphatic carbocycles. The van der Waals surface area contributed by atoms with Crippen LogP contribution in [0.1, 0.15) is 39.0 Å². The molecule has 0 radical (unpaired) electrons. The summed E-state index contributed by atoms with van der Waals surface area (Å²) in [5, 5.41) is 18.1. The number of para-hydroxylation sites is 1. The quantitative estimate of drug-likeness (QED) is 0.705. The van der Waals surface area contributed by atoms with E-state index < -0.39 is 5.54 Å². The molecule has 1 aromatic carbocycles. The van der Waals surface area contributed by atoms with Gasteiger partial charge in [0, 0.05) is 18.6 Å². The third-order valence-electron chi connectivity index (χ3n) is 3.83. The number of unbranched alkanes of at least 4 members (excludes halogenated alkanes) is 2. The van der Waals surface area contributed by atoms with E-state index in [2.05, 4.69) is 12.1 Å². The number of nitrogens with zero attached hydrogens (tertiary/aromatic N) is 4. The smallest absolute Gasteiger partial charge is 0.260 e. The largest absolute Gasteiger partial charge is 0.271 e. The predicted octanol–water partition coefficient (Wildman–Crippen LogP) is 3.88. The van der Waals surface area contributed by atoms with Crippen molar-refractivity contribution in [1.82, 2.24) is 0 Å². The van der Waals surface area contributed by atoms with Gasteiger partial charge in [-0.15, -0.1) is 0 Å². The number of benzene rings is 1. The minimum atomic E-state index is -0.815. The fraction of sp³-hybridized carbons (Fsp3) is 0.444. The molecule has 0 saturated heterocycles. The van der Waals surface area contributed by atoms with Crippen molar-refractivity contribution < 1.29 is 4.79 Å². The van der Waals surface area contributed by atoms with Gasteiger partial charge in [0.1, 0.15) is 5.54 Å². The lowest BCUT2D eigenvalue weighted by atomic mass is 9.95. The molecule has 1 atom stereocenters. The van der Waals surface area contributed by atoms with Gasteiger partial charge in [-0.2, -0.15) is 10.5 Å². The first kappa shape index (κ1) is 18.0. The van der Waals surface area contributed by atoms with Crippen molar-refractivity contribution in [3.8, 4) is 12.1 Å². The molecule has 24 heavy (non-hydrogen) atoms. The van der Waals surface area contributed by atoms with Crippen LogP contribution in [-0.2, 0) is 4.79 Å². The number of anilines is 1. The van der Waals surface area contributed by atoms with Gasteiger partial charge < -0.3 is 0 Å². The molecule has 0 bridgehead atoms. The van der Waals surface area contributed by atoms with Crippen molar-refractivity contribution in [3.05, 3.63) is 30.3 Å². The average Bonchev–Trinajstić information content (AvgIpc) is 2.84. The summed E-state index contributed by atoms with van der Waals surface area (Å²) >= 11 is 1.51. The summed E-state index contributed by atoms with van der Waals surface area (Å²) in [6.45, 7) is 1.84. The number of carbonyl (C=O) groups excluding carboxylic acids is 1. The molecule has 1 aromatic rings. The van der Waals surface area contributed by atoms with E-state index >= 15 is 0 Å². The van der Waals surface area contributed by atoms with Gasteiger partial charge in [0.2, 0.25) is 0 Å². The molecule has 0 N–H and O–H groups in total. The van der Waals surface area contributed by atoms with E-state index in [0.29, 0.717) is 30.9 Å². The molecule has 2 rings (SSSR count). The zero-order chi connectivity index (χ0) is 17.4. The Hall–Kier alpha value is -2.31. The minimum Gasteiger partial charge on any atom is -0.271 e. The summed E-state index contributed by atoms with van der Waals surface area (Å²) in [4.78, 5) is 19.3. The molecule has 0 fully saturated rings. The van der Waals surface area contributed by atoms with Crippen molar-refractivity contribution in [1.29, 1.82) is 10.5 Å². The Labute approximate surface area is 147 Å². The van der Waals surface area contributed by atoms with Crippen LogP contribution in [0.2, 0.25) is 0 Å². The molecular weight excluding hydrogens is 320 g/mol. The van der Waals surface area contributed by atoms with Crippen LogP contribution in [0.25, 0.3) is 0 Å². The summed E-state index contributed by atoms with van der Waals surface area (Å²) in [6.07, 6.45) is 2.90. The first-order valence-corrected chi connectivity index (χ1v) is 8.97. The van der Waals surface area contributed by atoms with Crippen molar-refractivity contribution in [3.63, 3.8) is 0 Å². The predicted molar refractivity (Wildman–Crippen MR) is 96.5 cm³/mol. The summed E-state index contributed by atoms with van der Waals surface area (Å²) in [7, 11) is 0. The molecule has 0 unspecified atom stereocenters. The van der Waals surface area contributed by atoms with Gasteiger partial charge >= 0.3 is 0 Å². The Balaban J connectivity index is 2.20. The Bertz CT molecular complexity index is 689. The lowest BCUT2D eigenvalue weighted by Crippen LogP contribution is -2.40. The molecule has 0 aromatic heterocycles. The van der Waals surface area contributed by atoms with Crippen LogP contribution >= 0.6 is 11.8 Å². The summed E-state index contributed by atoms with van der Waals surface area (Å²) in [5.74, 6) is 0.700. The van der Waals surface area contributed by atoms with Crippen molar-refractivity contribution in [2.75, 3.05) is 10.7 Å². The van der Waals surface area contributed by atoms with E-state index in [1.807, 2.05) is 37.3 Å². The van der Waals surface area contributed by atoms with Crippen LogP contribution in [0.4, 0.5) is 5.69 Å². The molecule has 1 amide bonds. The van der Waals surface area contributed by atoms with E-state index in [0.717, 1.165) is 17.9 Å². The number of rotatable bonds is 7. The molecule has 124 valence electrons. The minimum absolute atomic E-state index is 0.0468. The van der Waals surface area contributed by atoms with Gasteiger partial charge in [-0.3, -0.25) is 9.69 Å². The SMILES string of the molecule is C[C@]1(CCCC#N)N=C(SCCCC#N)N(c2ccccc2)C1=O. The summed E-state index contributed by atoms with van der Waals surface area (Å²) in [6, 6.07) is 13.7. The van der Waals surface area contributed by atoms with Crippen LogP contribution in [0.15, 0.2) is 35.3 Å². The monoisotopic (exact) mass is 340 g/mol. The maximum absolute atomic E-state index is 13.0. The number of hydrogen-bond acceptors (Lipinski definition) is 5. The highest BCUT2D eigenvalue weighted by molar-refractivity contribution is 8.14. The second-order valence-corrected chi connectivity index (χ2v) is 6.83. The summed E-state index contributed by atoms with van der Waals surface area (Å²) in [5.41, 5.74) is -0.0115. The zero-order valence-corrected chi connectivity index (χ0v) is 14.6. The second kappa shape index (κ2) is 8.52. The van der Waals surface area contributed by atoms with E-state index in [1.165, 1.54) is 11.8 Å². The molecular formula is C18H20N4OS. The Morgan fingerprint density at radius 2 is 1.83 bits per heavy atom. The van der Waals surface area contributed by atoms with Crippen LogP contribution < -0.4 is 4.90 Å². The zero-order valence-electron chi connectivity index (χ0n) is 13.7. The topological polar surface area (TPSA) is 80.2 Å². The van der Waals surface area contributed by atoms with Gasteiger partial charge in [0.25, 0.3) is 5.91 Å². The van der Waals surface area contributed by atoms with Gasteiger partial charge in [0.05, 0.1) is 17.8 Å². The maximum Gasteiger partial charge on any atom is 0.260 e. The maximum atomic E-state index is 13.0. The number of thioether (sulfide) groups is 1. The average molecular weight is 340 g/mol. The number of hydrogen-bond donors (Lipinski definition) is 0. The van der Waals surface area contributed by atoms with Crippen LogP contribution in [0.3, 0.4) is 0 Å². The molecule has 0 saturated carbocycles. The number of amides is 1. The first-order valence-electron chi connectivity index (χ1n) is 7.98. The van der Waals surface area contributed by atoms with Crippen molar-refractivity contribution in [2.45, 2.75) is 44.6 Å². The third-order valence-corrected chi connectivity index (χ3v) is 4.85. The van der Waals surface area contributed by atoms with E-state index in [4.69, 9.17) is 15.5 Å². The van der Waals surface area contributed by atoms with E-state index in [-0.39, 0.29) is 5.91 Å².